The predicted molar refractivity (Wildman–Crippen MR) is 92.8 cm³/mol. The number of nitrogens with zero attached hydrogens (tertiary/aromatic N) is 1. The van der Waals surface area contributed by atoms with Gasteiger partial charge in [-0.1, -0.05) is 55.8 Å². The molecule has 0 aromatic heterocycles. The van der Waals surface area contributed by atoms with Crippen LogP contribution in [0.15, 0.2) is 42.0 Å². The highest BCUT2D eigenvalue weighted by Crippen LogP contribution is 2.67. The third kappa shape index (κ3) is 2.09. The molecule has 1 nitrogen and oxygen atoms in total. The summed E-state index contributed by atoms with van der Waals surface area (Å²) in [5.41, 5.74) is 4.25. The fourth-order valence-corrected chi connectivity index (χ4v) is 5.59. The molecule has 1 spiro atoms. The van der Waals surface area contributed by atoms with E-state index in [1.807, 2.05) is 0 Å². The van der Waals surface area contributed by atoms with Gasteiger partial charge in [0.1, 0.15) is 0 Å². The summed E-state index contributed by atoms with van der Waals surface area (Å²) in [4.78, 5) is 2.59. The summed E-state index contributed by atoms with van der Waals surface area (Å²) in [7, 11) is 2.32. The molecule has 0 radical (unpaired) electrons. The summed E-state index contributed by atoms with van der Waals surface area (Å²) in [5.74, 6) is 0.930. The molecule has 2 saturated carbocycles. The number of likely N-dealkylation sites (N-methyl/N-ethyl adjacent to an activating group) is 1. The minimum atomic E-state index is 0.429. The highest BCUT2D eigenvalue weighted by atomic mass is 15.1. The van der Waals surface area contributed by atoms with Crippen molar-refractivity contribution in [2.45, 2.75) is 52.0 Å². The van der Waals surface area contributed by atoms with Gasteiger partial charge in [0, 0.05) is 6.04 Å². The Hall–Kier alpha value is -1.08. The lowest BCUT2D eigenvalue weighted by molar-refractivity contribution is 0.238. The zero-order chi connectivity index (χ0) is 15.4. The monoisotopic (exact) mass is 295 g/mol. The number of benzene rings is 1. The third-order valence-corrected chi connectivity index (χ3v) is 7.05. The van der Waals surface area contributed by atoms with Crippen molar-refractivity contribution in [1.29, 1.82) is 0 Å². The Morgan fingerprint density at radius 3 is 2.68 bits per heavy atom. The maximum atomic E-state index is 2.68. The molecule has 4 rings (SSSR count). The molecule has 22 heavy (non-hydrogen) atoms. The van der Waals surface area contributed by atoms with Crippen LogP contribution in [0.5, 0.6) is 0 Å². The zero-order valence-electron chi connectivity index (χ0n) is 14.3. The molecule has 2 bridgehead atoms. The van der Waals surface area contributed by atoms with Gasteiger partial charge in [-0.25, -0.2) is 0 Å². The Labute approximate surface area is 135 Å². The summed E-state index contributed by atoms with van der Waals surface area (Å²) >= 11 is 0. The van der Waals surface area contributed by atoms with Crippen LogP contribution < -0.4 is 0 Å². The van der Waals surface area contributed by atoms with Crippen molar-refractivity contribution >= 4 is 0 Å². The molecule has 2 fully saturated rings. The lowest BCUT2D eigenvalue weighted by atomic mass is 9.66. The Bertz CT molecular complexity index is 585. The highest BCUT2D eigenvalue weighted by molar-refractivity contribution is 5.35. The van der Waals surface area contributed by atoms with Crippen molar-refractivity contribution in [3.63, 3.8) is 0 Å². The number of rotatable bonds is 2. The van der Waals surface area contributed by atoms with Gasteiger partial charge in [0.25, 0.3) is 0 Å². The van der Waals surface area contributed by atoms with Crippen LogP contribution in [0.3, 0.4) is 0 Å². The van der Waals surface area contributed by atoms with Crippen molar-refractivity contribution in [2.75, 3.05) is 13.6 Å². The summed E-state index contributed by atoms with van der Waals surface area (Å²) in [6.45, 7) is 6.27. The molecule has 3 atom stereocenters. The van der Waals surface area contributed by atoms with E-state index < -0.39 is 0 Å². The van der Waals surface area contributed by atoms with Crippen molar-refractivity contribution in [3.05, 3.63) is 47.5 Å². The van der Waals surface area contributed by atoms with E-state index in [-0.39, 0.29) is 0 Å². The smallest absolute Gasteiger partial charge is 0.0318 e. The second-order valence-corrected chi connectivity index (χ2v) is 8.51. The van der Waals surface area contributed by atoms with Crippen LogP contribution in [0, 0.1) is 16.7 Å². The fraction of sp³-hybridized carbons (Fsp3) is 0.619. The predicted octanol–water partition coefficient (Wildman–Crippen LogP) is 4.69. The van der Waals surface area contributed by atoms with Crippen molar-refractivity contribution in [3.8, 4) is 0 Å². The molecule has 3 aliphatic rings. The maximum absolute atomic E-state index is 2.68. The standard InChI is InChI=1S/C21H29N/c1-20(2)17-9-10-21(15-17)11-12-22(3)18(14-19(20)21)13-16-7-5-4-6-8-16/h4-8,14,17-18H,9-13,15H2,1-3H3/t17-,18?,21-/m0/s1. The van der Waals surface area contributed by atoms with Crippen molar-refractivity contribution < 1.29 is 0 Å². The number of allylic oxidation sites excluding steroid dienone is 1. The first-order valence-electron chi connectivity index (χ1n) is 8.98. The molecule has 2 aliphatic carbocycles. The molecule has 1 aromatic rings. The quantitative estimate of drug-likeness (QED) is 0.716. The van der Waals surface area contributed by atoms with Gasteiger partial charge in [-0.05, 0) is 68.0 Å². The van der Waals surface area contributed by atoms with Gasteiger partial charge in [-0.3, -0.25) is 4.90 Å². The van der Waals surface area contributed by atoms with Crippen LogP contribution in [-0.2, 0) is 6.42 Å². The van der Waals surface area contributed by atoms with E-state index in [1.165, 1.54) is 37.8 Å². The van der Waals surface area contributed by atoms with Crippen LogP contribution in [0.2, 0.25) is 0 Å². The van der Waals surface area contributed by atoms with Gasteiger partial charge < -0.3 is 0 Å². The van der Waals surface area contributed by atoms with E-state index in [2.05, 4.69) is 62.2 Å². The SMILES string of the molecule is CN1CC[C@@]23CC[C@@H](C2)C(C)(C)C3=CC1Cc1ccccc1. The molecule has 0 N–H and O–H groups in total. The van der Waals surface area contributed by atoms with Gasteiger partial charge >= 0.3 is 0 Å². The van der Waals surface area contributed by atoms with Gasteiger partial charge in [0.05, 0.1) is 0 Å². The average Bonchev–Trinajstić information content (AvgIpc) is 2.98. The lowest BCUT2D eigenvalue weighted by Crippen LogP contribution is -2.32. The maximum Gasteiger partial charge on any atom is 0.0318 e. The molecule has 118 valence electrons. The van der Waals surface area contributed by atoms with E-state index >= 15 is 0 Å². The first-order chi connectivity index (χ1) is 10.5. The second-order valence-electron chi connectivity index (χ2n) is 8.51. The minimum absolute atomic E-state index is 0.429. The molecule has 0 saturated heterocycles. The van der Waals surface area contributed by atoms with E-state index in [4.69, 9.17) is 0 Å². The van der Waals surface area contributed by atoms with Crippen molar-refractivity contribution in [2.24, 2.45) is 16.7 Å². The highest BCUT2D eigenvalue weighted by Gasteiger charge is 2.58. The normalized spacial score (nSPS) is 36.8. The van der Waals surface area contributed by atoms with Crippen LogP contribution >= 0.6 is 0 Å². The molecular formula is C21H29N. The van der Waals surface area contributed by atoms with E-state index in [9.17, 15) is 0 Å². The fourth-order valence-electron chi connectivity index (χ4n) is 5.59. The van der Waals surface area contributed by atoms with E-state index in [0.29, 0.717) is 16.9 Å². The number of fused-ring (bicyclic) bond motifs is 1. The Morgan fingerprint density at radius 2 is 1.91 bits per heavy atom. The minimum Gasteiger partial charge on any atom is -0.300 e. The molecule has 1 heteroatoms. The Morgan fingerprint density at radius 1 is 1.14 bits per heavy atom. The molecule has 1 unspecified atom stereocenters. The Kier molecular flexibility index (Phi) is 3.27. The average molecular weight is 295 g/mol. The van der Waals surface area contributed by atoms with E-state index in [0.717, 1.165) is 12.3 Å². The van der Waals surface area contributed by atoms with Crippen LogP contribution in [-0.4, -0.2) is 24.5 Å². The first kappa shape index (κ1) is 14.5. The molecule has 1 aliphatic heterocycles. The third-order valence-electron chi connectivity index (χ3n) is 7.05. The summed E-state index contributed by atoms with van der Waals surface area (Å²) in [5, 5.41) is 0. The molecule has 1 aromatic carbocycles. The van der Waals surface area contributed by atoms with Gasteiger partial charge in [-0.2, -0.15) is 0 Å². The summed E-state index contributed by atoms with van der Waals surface area (Å²) < 4.78 is 0. The number of hydrogen-bond donors (Lipinski definition) is 0. The summed E-state index contributed by atoms with van der Waals surface area (Å²) in [6, 6.07) is 11.6. The van der Waals surface area contributed by atoms with Gasteiger partial charge in [0.15, 0.2) is 0 Å². The van der Waals surface area contributed by atoms with Crippen molar-refractivity contribution in [1.82, 2.24) is 4.90 Å². The second kappa shape index (κ2) is 4.96. The molecule has 1 heterocycles. The Balaban J connectivity index is 1.69. The topological polar surface area (TPSA) is 3.24 Å². The lowest BCUT2D eigenvalue weighted by Gasteiger charge is -2.38. The van der Waals surface area contributed by atoms with E-state index in [1.54, 1.807) is 5.57 Å². The van der Waals surface area contributed by atoms with Gasteiger partial charge in [0.2, 0.25) is 0 Å². The van der Waals surface area contributed by atoms with Crippen LogP contribution in [0.1, 0.15) is 45.1 Å². The summed E-state index contributed by atoms with van der Waals surface area (Å²) in [6.07, 6.45) is 9.56. The largest absolute Gasteiger partial charge is 0.300 e. The number of hydrogen-bond acceptors (Lipinski definition) is 1. The van der Waals surface area contributed by atoms with Crippen LogP contribution in [0.25, 0.3) is 0 Å². The zero-order valence-corrected chi connectivity index (χ0v) is 14.3. The van der Waals surface area contributed by atoms with Crippen LogP contribution in [0.4, 0.5) is 0 Å². The molecule has 0 amide bonds. The van der Waals surface area contributed by atoms with Gasteiger partial charge in [-0.15, -0.1) is 0 Å². The first-order valence-corrected chi connectivity index (χ1v) is 8.98. The molecular weight excluding hydrogens is 266 g/mol.